The number of nitrogens with zero attached hydrogens (tertiary/aromatic N) is 2. The Morgan fingerprint density at radius 3 is 1.90 bits per heavy atom. The molecule has 0 aromatic carbocycles. The van der Waals surface area contributed by atoms with Crippen LogP contribution in [-0.4, -0.2) is 112 Å². The van der Waals surface area contributed by atoms with Crippen molar-refractivity contribution in [2.24, 2.45) is 34.5 Å². The van der Waals surface area contributed by atoms with Crippen molar-refractivity contribution < 1.29 is 37.5 Å². The smallest absolute Gasteiger partial charge is 0.303 e. The number of likely N-dealkylation sites (N-methyl/N-ethyl adjacent to an activating group) is 2. The molecule has 8 heteroatoms. The first-order valence-corrected chi connectivity index (χ1v) is 16.6. The molecule has 0 unspecified atom stereocenters. The summed E-state index contributed by atoms with van der Waals surface area (Å²) in [6, 6.07) is 0.659. The van der Waals surface area contributed by atoms with Crippen molar-refractivity contribution in [1.82, 2.24) is 0 Å². The van der Waals surface area contributed by atoms with Gasteiger partial charge in [0, 0.05) is 32.1 Å². The van der Waals surface area contributed by atoms with Crippen molar-refractivity contribution in [2.45, 2.75) is 96.9 Å². The van der Waals surface area contributed by atoms with Crippen molar-refractivity contribution in [2.75, 3.05) is 66.7 Å². The Bertz CT molecular complexity index is 1010. The third-order valence-corrected chi connectivity index (χ3v) is 13.8. The monoisotopic (exact) mass is 576 g/mol. The van der Waals surface area contributed by atoms with E-state index in [4.69, 9.17) is 18.9 Å². The molecule has 4 saturated carbocycles. The summed E-state index contributed by atoms with van der Waals surface area (Å²) in [5.41, 5.74) is 0.259. The highest BCUT2D eigenvalue weighted by molar-refractivity contribution is 5.66. The number of ether oxygens (including phenoxy) is 4. The Labute approximate surface area is 247 Å². The van der Waals surface area contributed by atoms with E-state index in [9.17, 15) is 9.59 Å². The van der Waals surface area contributed by atoms with Gasteiger partial charge in [0.15, 0.2) is 12.2 Å². The van der Waals surface area contributed by atoms with Crippen LogP contribution in [0.1, 0.15) is 72.6 Å². The molecule has 2 aliphatic heterocycles. The molecule has 6 fully saturated rings. The van der Waals surface area contributed by atoms with Gasteiger partial charge in [0.1, 0.15) is 38.3 Å². The quantitative estimate of drug-likeness (QED) is 0.375. The first kappa shape index (κ1) is 29.8. The lowest BCUT2D eigenvalue weighted by Crippen LogP contribution is -2.67. The molecule has 6 aliphatic rings. The topological polar surface area (TPSA) is 71.1 Å². The van der Waals surface area contributed by atoms with Crippen LogP contribution >= 0.6 is 0 Å². The summed E-state index contributed by atoms with van der Waals surface area (Å²) in [5, 5.41) is 0. The van der Waals surface area contributed by atoms with E-state index in [2.05, 4.69) is 27.9 Å². The number of quaternary nitrogens is 2. The van der Waals surface area contributed by atoms with E-state index in [0.717, 1.165) is 87.3 Å². The Morgan fingerprint density at radius 2 is 1.32 bits per heavy atom. The second-order valence-electron chi connectivity index (χ2n) is 15.8. The molecular weight excluding hydrogens is 520 g/mol. The molecule has 0 bridgehead atoms. The molecule has 6 rings (SSSR count). The van der Waals surface area contributed by atoms with Crippen LogP contribution in [0.25, 0.3) is 0 Å². The molecule has 0 aromatic heterocycles. The molecule has 0 amide bonds. The number of fused-ring (bicyclic) bond motifs is 5. The summed E-state index contributed by atoms with van der Waals surface area (Å²) in [6.45, 7) is 15.4. The normalized spacial score (nSPS) is 46.9. The summed E-state index contributed by atoms with van der Waals surface area (Å²) in [4.78, 5) is 24.8. The molecule has 2 heterocycles. The van der Waals surface area contributed by atoms with E-state index in [1.165, 1.54) is 19.3 Å². The molecule has 4 aliphatic carbocycles. The highest BCUT2D eigenvalue weighted by Gasteiger charge is 2.68. The van der Waals surface area contributed by atoms with Crippen LogP contribution in [0.5, 0.6) is 0 Å². The van der Waals surface area contributed by atoms with E-state index in [1.54, 1.807) is 13.8 Å². The minimum absolute atomic E-state index is 0.00550. The highest BCUT2D eigenvalue weighted by Crippen LogP contribution is 2.67. The van der Waals surface area contributed by atoms with Gasteiger partial charge in [-0.1, -0.05) is 13.8 Å². The van der Waals surface area contributed by atoms with Crippen LogP contribution in [0.15, 0.2) is 0 Å². The maximum atomic E-state index is 12.5. The van der Waals surface area contributed by atoms with Gasteiger partial charge in [0.05, 0.1) is 40.5 Å². The van der Waals surface area contributed by atoms with E-state index < -0.39 is 0 Å². The Hall–Kier alpha value is -1.22. The van der Waals surface area contributed by atoms with Crippen molar-refractivity contribution in [3.05, 3.63) is 0 Å². The Kier molecular flexibility index (Phi) is 7.82. The molecule has 232 valence electrons. The van der Waals surface area contributed by atoms with Gasteiger partial charge in [-0.05, 0) is 61.2 Å². The van der Waals surface area contributed by atoms with Crippen molar-refractivity contribution in [1.29, 1.82) is 0 Å². The highest BCUT2D eigenvalue weighted by atomic mass is 16.6. The lowest BCUT2D eigenvalue weighted by Gasteiger charge is -2.63. The van der Waals surface area contributed by atoms with Crippen molar-refractivity contribution in [3.63, 3.8) is 0 Å². The van der Waals surface area contributed by atoms with Gasteiger partial charge >= 0.3 is 11.9 Å². The van der Waals surface area contributed by atoms with E-state index in [1.807, 2.05) is 0 Å². The molecule has 0 radical (unpaired) electrons. The lowest BCUT2D eigenvalue weighted by molar-refractivity contribution is -0.945. The number of carbonyl (C=O) groups excluding carboxylic acids is 2. The van der Waals surface area contributed by atoms with Crippen LogP contribution in [0, 0.1) is 34.5 Å². The molecular formula is C33H56N2O6+2. The van der Waals surface area contributed by atoms with Crippen LogP contribution in [-0.2, 0) is 28.5 Å². The first-order chi connectivity index (χ1) is 19.4. The molecule has 0 N–H and O–H groups in total. The fraction of sp³-hybridized carbons (Fsp3) is 0.939. The lowest BCUT2D eigenvalue weighted by atomic mass is 9.44. The number of morpholine rings is 2. The third kappa shape index (κ3) is 4.97. The fourth-order valence-electron chi connectivity index (χ4n) is 11.3. The predicted octanol–water partition coefficient (Wildman–Crippen LogP) is 3.80. The maximum absolute atomic E-state index is 12.5. The van der Waals surface area contributed by atoms with E-state index in [0.29, 0.717) is 35.8 Å². The van der Waals surface area contributed by atoms with Gasteiger partial charge in [0.25, 0.3) is 0 Å². The zero-order chi connectivity index (χ0) is 29.2. The number of esters is 2. The van der Waals surface area contributed by atoms with Crippen molar-refractivity contribution in [3.8, 4) is 0 Å². The minimum atomic E-state index is -0.140. The average molecular weight is 577 g/mol. The summed E-state index contributed by atoms with van der Waals surface area (Å²) in [6.07, 6.45) is 8.03. The zero-order valence-electron chi connectivity index (χ0n) is 26.6. The summed E-state index contributed by atoms with van der Waals surface area (Å²) in [7, 11) is 4.76. The second kappa shape index (κ2) is 10.7. The third-order valence-electron chi connectivity index (χ3n) is 13.8. The number of hydrogen-bond acceptors (Lipinski definition) is 6. The average Bonchev–Trinajstić information content (AvgIpc) is 3.21. The van der Waals surface area contributed by atoms with Crippen LogP contribution in [0.2, 0.25) is 0 Å². The van der Waals surface area contributed by atoms with Crippen molar-refractivity contribution >= 4 is 11.9 Å². The SMILES string of the molecule is CC(=O)O[C@H]1C[C@@H]2CC[C@@H]3[C@H](CC[C@@]4(C)[C@H]3C[C@H]([N+]3(C)CCOCC3)[C@@H]4OC(C)=O)[C@@]2(C)C[C@H]1[N+]1(C)CCOCC1. The van der Waals surface area contributed by atoms with Crippen LogP contribution < -0.4 is 0 Å². The zero-order valence-corrected chi connectivity index (χ0v) is 26.6. The van der Waals surface area contributed by atoms with Gasteiger partial charge in [0.2, 0.25) is 0 Å². The van der Waals surface area contributed by atoms with Gasteiger partial charge in [-0.3, -0.25) is 9.59 Å². The molecule has 41 heavy (non-hydrogen) atoms. The largest absolute Gasteiger partial charge is 0.456 e. The molecule has 0 aromatic rings. The summed E-state index contributed by atoms with van der Waals surface area (Å²) < 4.78 is 25.9. The van der Waals surface area contributed by atoms with Gasteiger partial charge in [-0.25, -0.2) is 0 Å². The van der Waals surface area contributed by atoms with Gasteiger partial charge in [-0.15, -0.1) is 0 Å². The fourth-order valence-corrected chi connectivity index (χ4v) is 11.3. The summed E-state index contributed by atoms with van der Waals surface area (Å²) in [5.74, 6) is 2.22. The molecule has 10 atom stereocenters. The van der Waals surface area contributed by atoms with Crippen LogP contribution in [0.3, 0.4) is 0 Å². The minimum Gasteiger partial charge on any atom is -0.456 e. The van der Waals surface area contributed by atoms with E-state index in [-0.39, 0.29) is 35.0 Å². The van der Waals surface area contributed by atoms with E-state index >= 15 is 0 Å². The molecule has 0 spiro atoms. The number of hydrogen-bond donors (Lipinski definition) is 0. The van der Waals surface area contributed by atoms with Crippen LogP contribution in [0.4, 0.5) is 0 Å². The molecule has 2 saturated heterocycles. The van der Waals surface area contributed by atoms with Gasteiger partial charge in [-0.2, -0.15) is 0 Å². The number of rotatable bonds is 4. The predicted molar refractivity (Wildman–Crippen MR) is 155 cm³/mol. The Balaban J connectivity index is 1.31. The standard InChI is InChI=1S/C33H56N2O6/c1-22(36)40-30-19-24-7-8-25-26(33(24,4)21-29(30)35(6)13-17-39-18-14-35)9-10-32(3)27(25)20-28(31(32)41-23(2)37)34(5)11-15-38-16-12-34/h24-31H,7-21H2,1-6H3/q+2/t24-,25+,26-,27-,28-,29+,30-,31-,32-,33-/m0/s1. The first-order valence-electron chi connectivity index (χ1n) is 16.6. The Morgan fingerprint density at radius 1 is 0.732 bits per heavy atom. The van der Waals surface area contributed by atoms with Gasteiger partial charge < -0.3 is 27.9 Å². The number of carbonyl (C=O) groups is 2. The molecule has 8 nitrogen and oxygen atoms in total. The maximum Gasteiger partial charge on any atom is 0.303 e. The second-order valence-corrected chi connectivity index (χ2v) is 15.8. The summed E-state index contributed by atoms with van der Waals surface area (Å²) >= 11 is 0.